The normalized spacial score (nSPS) is 13.4. The smallest absolute Gasteiger partial charge is 0.0917 e. The summed E-state index contributed by atoms with van der Waals surface area (Å²) >= 11 is 0. The van der Waals surface area contributed by atoms with Crippen LogP contribution in [0.25, 0.3) is 0 Å². The van der Waals surface area contributed by atoms with Gasteiger partial charge in [-0.15, -0.1) is 0 Å². The molecule has 0 aliphatic carbocycles. The summed E-state index contributed by atoms with van der Waals surface area (Å²) in [7, 11) is 0. The highest BCUT2D eigenvalue weighted by atomic mass is 16.3. The Morgan fingerprint density at radius 3 is 2.31 bits per heavy atom. The minimum Gasteiger partial charge on any atom is -0.395 e. The zero-order valence-electron chi connectivity index (χ0n) is 10.0. The second-order valence-corrected chi connectivity index (χ2v) is 4.24. The van der Waals surface area contributed by atoms with Gasteiger partial charge in [-0.05, 0) is 19.4 Å². The zero-order valence-corrected chi connectivity index (χ0v) is 10.0. The summed E-state index contributed by atoms with van der Waals surface area (Å²) < 4.78 is 0. The predicted molar refractivity (Wildman–Crippen MR) is 65.2 cm³/mol. The van der Waals surface area contributed by atoms with Crippen molar-refractivity contribution in [1.82, 2.24) is 4.90 Å². The number of hydrogen-bond donors (Lipinski definition) is 2. The second-order valence-electron chi connectivity index (χ2n) is 4.24. The molecule has 1 aromatic carbocycles. The molecule has 0 spiro atoms. The van der Waals surface area contributed by atoms with Gasteiger partial charge in [-0.3, -0.25) is 4.90 Å². The first kappa shape index (κ1) is 13.2. The molecule has 0 saturated heterocycles. The number of nitrogens with zero attached hydrogens (tertiary/aromatic N) is 1. The van der Waals surface area contributed by atoms with Crippen molar-refractivity contribution in [2.75, 3.05) is 19.7 Å². The topological polar surface area (TPSA) is 43.7 Å². The summed E-state index contributed by atoms with van der Waals surface area (Å²) in [5, 5.41) is 19.0. The van der Waals surface area contributed by atoms with E-state index < -0.39 is 6.10 Å². The maximum absolute atomic E-state index is 10.0. The molecule has 1 atom stereocenters. The van der Waals surface area contributed by atoms with Crippen molar-refractivity contribution in [3.05, 3.63) is 35.9 Å². The fraction of sp³-hybridized carbons (Fsp3) is 0.538. The Morgan fingerprint density at radius 1 is 1.19 bits per heavy atom. The van der Waals surface area contributed by atoms with Crippen LogP contribution in [-0.2, 0) is 0 Å². The van der Waals surface area contributed by atoms with Crippen LogP contribution in [0.5, 0.6) is 0 Å². The third-order valence-electron chi connectivity index (χ3n) is 2.71. The molecule has 16 heavy (non-hydrogen) atoms. The predicted octanol–water partition coefficient (Wildman–Crippen LogP) is 1.42. The first-order chi connectivity index (χ1) is 7.65. The minimum absolute atomic E-state index is 0.125. The van der Waals surface area contributed by atoms with Gasteiger partial charge in [0.1, 0.15) is 0 Å². The first-order valence-electron chi connectivity index (χ1n) is 5.73. The maximum atomic E-state index is 10.0. The maximum Gasteiger partial charge on any atom is 0.0917 e. The van der Waals surface area contributed by atoms with Gasteiger partial charge in [0.05, 0.1) is 12.7 Å². The quantitative estimate of drug-likeness (QED) is 0.766. The molecule has 1 aromatic rings. The van der Waals surface area contributed by atoms with E-state index in [1.165, 1.54) is 0 Å². The lowest BCUT2D eigenvalue weighted by molar-refractivity contribution is 0.0820. The third kappa shape index (κ3) is 3.93. The van der Waals surface area contributed by atoms with Crippen LogP contribution in [0.15, 0.2) is 30.3 Å². The summed E-state index contributed by atoms with van der Waals surface area (Å²) in [5.74, 6) is 0. The Kier molecular flexibility index (Phi) is 5.46. The second kappa shape index (κ2) is 6.63. The van der Waals surface area contributed by atoms with Crippen LogP contribution in [0.4, 0.5) is 0 Å². The Balaban J connectivity index is 2.58. The molecular formula is C13H21NO2. The van der Waals surface area contributed by atoms with Crippen LogP contribution in [0, 0.1) is 0 Å². The molecule has 0 radical (unpaired) electrons. The Morgan fingerprint density at radius 2 is 1.81 bits per heavy atom. The van der Waals surface area contributed by atoms with E-state index >= 15 is 0 Å². The molecule has 0 aliphatic heterocycles. The van der Waals surface area contributed by atoms with E-state index in [2.05, 4.69) is 18.7 Å². The van der Waals surface area contributed by atoms with Gasteiger partial charge >= 0.3 is 0 Å². The average Bonchev–Trinajstić information content (AvgIpc) is 2.29. The summed E-state index contributed by atoms with van der Waals surface area (Å²) in [6, 6.07) is 9.94. The van der Waals surface area contributed by atoms with E-state index in [4.69, 9.17) is 5.11 Å². The molecule has 2 N–H and O–H groups in total. The highest BCUT2D eigenvalue weighted by Crippen LogP contribution is 2.14. The van der Waals surface area contributed by atoms with Crippen LogP contribution in [-0.4, -0.2) is 40.9 Å². The average molecular weight is 223 g/mol. The number of aliphatic hydroxyl groups is 2. The number of rotatable bonds is 6. The van der Waals surface area contributed by atoms with Crippen molar-refractivity contribution in [2.24, 2.45) is 0 Å². The lowest BCUT2D eigenvalue weighted by atomic mass is 10.1. The van der Waals surface area contributed by atoms with Crippen LogP contribution in [0.3, 0.4) is 0 Å². The van der Waals surface area contributed by atoms with E-state index in [1.54, 1.807) is 0 Å². The molecule has 0 aliphatic rings. The SMILES string of the molecule is CC(C)N(CCO)CC(O)c1ccccc1. The number of aliphatic hydroxyl groups excluding tert-OH is 2. The molecule has 0 bridgehead atoms. The standard InChI is InChI=1S/C13H21NO2/c1-11(2)14(8-9-15)10-13(16)12-6-4-3-5-7-12/h3-7,11,13,15-16H,8-10H2,1-2H3. The van der Waals surface area contributed by atoms with Gasteiger partial charge in [0.2, 0.25) is 0 Å². The van der Waals surface area contributed by atoms with E-state index in [0.717, 1.165) is 5.56 Å². The van der Waals surface area contributed by atoms with Gasteiger partial charge in [0, 0.05) is 19.1 Å². The van der Waals surface area contributed by atoms with E-state index in [-0.39, 0.29) is 6.61 Å². The van der Waals surface area contributed by atoms with Crippen molar-refractivity contribution >= 4 is 0 Å². The molecular weight excluding hydrogens is 202 g/mol. The Bertz CT molecular complexity index is 287. The molecule has 0 heterocycles. The lowest BCUT2D eigenvalue weighted by Crippen LogP contribution is -2.36. The Hall–Kier alpha value is -0.900. The van der Waals surface area contributed by atoms with Crippen LogP contribution in [0.1, 0.15) is 25.5 Å². The van der Waals surface area contributed by atoms with Crippen LogP contribution in [0.2, 0.25) is 0 Å². The molecule has 1 rings (SSSR count). The van der Waals surface area contributed by atoms with Crippen molar-refractivity contribution in [3.8, 4) is 0 Å². The van der Waals surface area contributed by atoms with E-state index in [9.17, 15) is 5.11 Å². The molecule has 0 amide bonds. The number of benzene rings is 1. The summed E-state index contributed by atoms with van der Waals surface area (Å²) in [4.78, 5) is 2.07. The lowest BCUT2D eigenvalue weighted by Gasteiger charge is -2.28. The molecule has 0 fully saturated rings. The van der Waals surface area contributed by atoms with Crippen molar-refractivity contribution in [2.45, 2.75) is 26.0 Å². The fourth-order valence-electron chi connectivity index (χ4n) is 1.69. The molecule has 0 saturated carbocycles. The summed E-state index contributed by atoms with van der Waals surface area (Å²) in [6.07, 6.45) is -0.491. The van der Waals surface area contributed by atoms with E-state index in [1.807, 2.05) is 30.3 Å². The molecule has 3 heteroatoms. The first-order valence-corrected chi connectivity index (χ1v) is 5.73. The fourth-order valence-corrected chi connectivity index (χ4v) is 1.69. The van der Waals surface area contributed by atoms with Gasteiger partial charge < -0.3 is 10.2 Å². The molecule has 3 nitrogen and oxygen atoms in total. The van der Waals surface area contributed by atoms with Gasteiger partial charge in [0.25, 0.3) is 0 Å². The summed E-state index contributed by atoms with van der Waals surface area (Å²) in [6.45, 7) is 5.41. The van der Waals surface area contributed by atoms with Gasteiger partial charge in [-0.2, -0.15) is 0 Å². The molecule has 90 valence electrons. The monoisotopic (exact) mass is 223 g/mol. The van der Waals surface area contributed by atoms with Crippen molar-refractivity contribution in [3.63, 3.8) is 0 Å². The van der Waals surface area contributed by atoms with Gasteiger partial charge in [-0.1, -0.05) is 30.3 Å². The van der Waals surface area contributed by atoms with Crippen LogP contribution >= 0.6 is 0 Å². The van der Waals surface area contributed by atoms with Crippen molar-refractivity contribution < 1.29 is 10.2 Å². The largest absolute Gasteiger partial charge is 0.395 e. The van der Waals surface area contributed by atoms with Gasteiger partial charge in [-0.25, -0.2) is 0 Å². The minimum atomic E-state index is -0.491. The van der Waals surface area contributed by atoms with Gasteiger partial charge in [0.15, 0.2) is 0 Å². The Labute approximate surface area is 97.3 Å². The number of hydrogen-bond acceptors (Lipinski definition) is 3. The highest BCUT2D eigenvalue weighted by molar-refractivity contribution is 5.17. The molecule has 1 unspecified atom stereocenters. The summed E-state index contributed by atoms with van der Waals surface area (Å²) in [5.41, 5.74) is 0.922. The highest BCUT2D eigenvalue weighted by Gasteiger charge is 2.15. The molecule has 0 aromatic heterocycles. The third-order valence-corrected chi connectivity index (χ3v) is 2.71. The van der Waals surface area contributed by atoms with Crippen LogP contribution < -0.4 is 0 Å². The van der Waals surface area contributed by atoms with Crippen molar-refractivity contribution in [1.29, 1.82) is 0 Å². The van der Waals surface area contributed by atoms with E-state index in [0.29, 0.717) is 19.1 Å². The zero-order chi connectivity index (χ0) is 12.0.